The molecule has 16 heavy (non-hydrogen) atoms. The fraction of sp³-hybridized carbons (Fsp3) is 0.500. The fourth-order valence-corrected chi connectivity index (χ4v) is 1.89. The molecule has 0 aliphatic carbocycles. The molecular formula is C12H17N3O. The van der Waals surface area contributed by atoms with Gasteiger partial charge in [0, 0.05) is 31.4 Å². The maximum Gasteiger partial charge on any atom is 0.220 e. The number of nitrogens with one attached hydrogen (secondary N) is 2. The molecule has 1 aliphatic heterocycles. The standard InChI is InChI=1S/C12H17N3O/c16-12-4-3-11(15-12)9-14-7-5-10-2-1-6-13-8-10/h1-2,6,8,11,14H,3-5,7,9H2,(H,15,16). The van der Waals surface area contributed by atoms with Gasteiger partial charge < -0.3 is 10.6 Å². The van der Waals surface area contributed by atoms with Gasteiger partial charge in [-0.05, 0) is 31.0 Å². The molecule has 1 aromatic rings. The van der Waals surface area contributed by atoms with Crippen LogP contribution in [0.15, 0.2) is 24.5 Å². The van der Waals surface area contributed by atoms with Crippen molar-refractivity contribution in [3.63, 3.8) is 0 Å². The molecule has 1 fully saturated rings. The van der Waals surface area contributed by atoms with Crippen molar-refractivity contribution >= 4 is 5.91 Å². The van der Waals surface area contributed by atoms with E-state index in [9.17, 15) is 4.79 Å². The largest absolute Gasteiger partial charge is 0.352 e. The highest BCUT2D eigenvalue weighted by Gasteiger charge is 2.19. The van der Waals surface area contributed by atoms with Crippen molar-refractivity contribution in [3.8, 4) is 0 Å². The lowest BCUT2D eigenvalue weighted by atomic mass is 10.2. The van der Waals surface area contributed by atoms with E-state index in [2.05, 4.69) is 21.7 Å². The SMILES string of the molecule is O=C1CCC(CNCCc2cccnc2)N1. The van der Waals surface area contributed by atoms with E-state index in [1.807, 2.05) is 12.3 Å². The molecule has 2 heterocycles. The van der Waals surface area contributed by atoms with E-state index in [1.54, 1.807) is 6.20 Å². The van der Waals surface area contributed by atoms with Crippen LogP contribution in [-0.2, 0) is 11.2 Å². The maximum atomic E-state index is 11.0. The highest BCUT2D eigenvalue weighted by molar-refractivity contribution is 5.78. The molecule has 1 unspecified atom stereocenters. The van der Waals surface area contributed by atoms with Gasteiger partial charge in [0.1, 0.15) is 0 Å². The number of rotatable bonds is 5. The zero-order valence-corrected chi connectivity index (χ0v) is 9.28. The van der Waals surface area contributed by atoms with Crippen molar-refractivity contribution in [3.05, 3.63) is 30.1 Å². The average molecular weight is 219 g/mol. The van der Waals surface area contributed by atoms with E-state index in [0.717, 1.165) is 25.9 Å². The minimum Gasteiger partial charge on any atom is -0.352 e. The third-order valence-electron chi connectivity index (χ3n) is 2.79. The van der Waals surface area contributed by atoms with Crippen LogP contribution in [0, 0.1) is 0 Å². The molecule has 1 saturated heterocycles. The summed E-state index contributed by atoms with van der Waals surface area (Å²) in [5.41, 5.74) is 1.24. The quantitative estimate of drug-likeness (QED) is 0.709. The van der Waals surface area contributed by atoms with Gasteiger partial charge in [0.15, 0.2) is 0 Å². The Hall–Kier alpha value is -1.42. The van der Waals surface area contributed by atoms with E-state index >= 15 is 0 Å². The van der Waals surface area contributed by atoms with E-state index in [4.69, 9.17) is 0 Å². The first kappa shape index (κ1) is 11.1. The topological polar surface area (TPSA) is 54.0 Å². The van der Waals surface area contributed by atoms with Crippen molar-refractivity contribution < 1.29 is 4.79 Å². The molecule has 86 valence electrons. The van der Waals surface area contributed by atoms with Crippen LogP contribution in [-0.4, -0.2) is 30.0 Å². The minimum atomic E-state index is 0.180. The first-order chi connectivity index (χ1) is 7.84. The summed E-state index contributed by atoms with van der Waals surface area (Å²) >= 11 is 0. The van der Waals surface area contributed by atoms with E-state index < -0.39 is 0 Å². The molecule has 0 aromatic carbocycles. The second-order valence-corrected chi connectivity index (χ2v) is 4.12. The number of hydrogen-bond acceptors (Lipinski definition) is 3. The molecular weight excluding hydrogens is 202 g/mol. The fourth-order valence-electron chi connectivity index (χ4n) is 1.89. The van der Waals surface area contributed by atoms with Gasteiger partial charge in [-0.1, -0.05) is 6.07 Å². The Labute approximate surface area is 95.5 Å². The van der Waals surface area contributed by atoms with Crippen molar-refractivity contribution in [2.45, 2.75) is 25.3 Å². The summed E-state index contributed by atoms with van der Waals surface area (Å²) in [6, 6.07) is 4.35. The Bertz CT molecular complexity index is 339. The van der Waals surface area contributed by atoms with Gasteiger partial charge in [0.25, 0.3) is 0 Å². The van der Waals surface area contributed by atoms with Crippen LogP contribution < -0.4 is 10.6 Å². The van der Waals surface area contributed by atoms with E-state index in [0.29, 0.717) is 12.5 Å². The van der Waals surface area contributed by atoms with E-state index in [1.165, 1.54) is 5.56 Å². The second kappa shape index (κ2) is 5.61. The smallest absolute Gasteiger partial charge is 0.220 e. The molecule has 4 nitrogen and oxygen atoms in total. The Balaban J connectivity index is 1.60. The highest BCUT2D eigenvalue weighted by atomic mass is 16.1. The lowest BCUT2D eigenvalue weighted by molar-refractivity contribution is -0.119. The summed E-state index contributed by atoms with van der Waals surface area (Å²) in [6.45, 7) is 1.80. The van der Waals surface area contributed by atoms with Crippen molar-refractivity contribution in [1.82, 2.24) is 15.6 Å². The first-order valence-electron chi connectivity index (χ1n) is 5.73. The third-order valence-corrected chi connectivity index (χ3v) is 2.79. The third kappa shape index (κ3) is 3.31. The molecule has 0 bridgehead atoms. The Morgan fingerprint density at radius 2 is 2.50 bits per heavy atom. The van der Waals surface area contributed by atoms with Crippen LogP contribution in [0.1, 0.15) is 18.4 Å². The normalized spacial score (nSPS) is 19.8. The van der Waals surface area contributed by atoms with Gasteiger partial charge >= 0.3 is 0 Å². The predicted molar refractivity (Wildman–Crippen MR) is 62.0 cm³/mol. The maximum absolute atomic E-state index is 11.0. The van der Waals surface area contributed by atoms with Crippen molar-refractivity contribution in [1.29, 1.82) is 0 Å². The minimum absolute atomic E-state index is 0.180. The summed E-state index contributed by atoms with van der Waals surface area (Å²) < 4.78 is 0. The Kier molecular flexibility index (Phi) is 3.88. The zero-order chi connectivity index (χ0) is 11.2. The Morgan fingerprint density at radius 1 is 1.56 bits per heavy atom. The van der Waals surface area contributed by atoms with Crippen LogP contribution >= 0.6 is 0 Å². The number of nitrogens with zero attached hydrogens (tertiary/aromatic N) is 1. The van der Waals surface area contributed by atoms with Gasteiger partial charge in [-0.25, -0.2) is 0 Å². The molecule has 2 rings (SSSR count). The molecule has 0 spiro atoms. The summed E-state index contributed by atoms with van der Waals surface area (Å²) in [6.07, 6.45) is 6.28. The van der Waals surface area contributed by atoms with Crippen LogP contribution in [0.2, 0.25) is 0 Å². The predicted octanol–water partition coefficient (Wildman–Crippen LogP) is 0.492. The Morgan fingerprint density at radius 3 is 3.19 bits per heavy atom. The summed E-state index contributed by atoms with van der Waals surface area (Å²) in [5, 5.41) is 6.29. The summed E-state index contributed by atoms with van der Waals surface area (Å²) in [7, 11) is 0. The number of aromatic nitrogens is 1. The molecule has 2 N–H and O–H groups in total. The average Bonchev–Trinajstić information content (AvgIpc) is 2.72. The second-order valence-electron chi connectivity index (χ2n) is 4.12. The zero-order valence-electron chi connectivity index (χ0n) is 9.28. The number of carbonyl (C=O) groups is 1. The molecule has 0 radical (unpaired) electrons. The van der Waals surface area contributed by atoms with Crippen LogP contribution in [0.5, 0.6) is 0 Å². The first-order valence-corrected chi connectivity index (χ1v) is 5.73. The van der Waals surface area contributed by atoms with Gasteiger partial charge in [0.05, 0.1) is 0 Å². The highest BCUT2D eigenvalue weighted by Crippen LogP contribution is 2.04. The lowest BCUT2D eigenvalue weighted by Gasteiger charge is -2.10. The monoisotopic (exact) mass is 219 g/mol. The van der Waals surface area contributed by atoms with Crippen molar-refractivity contribution in [2.75, 3.05) is 13.1 Å². The van der Waals surface area contributed by atoms with Gasteiger partial charge in [-0.2, -0.15) is 0 Å². The summed E-state index contributed by atoms with van der Waals surface area (Å²) in [4.78, 5) is 15.0. The van der Waals surface area contributed by atoms with Crippen molar-refractivity contribution in [2.24, 2.45) is 0 Å². The molecule has 1 amide bonds. The molecule has 1 atom stereocenters. The van der Waals surface area contributed by atoms with Gasteiger partial charge in [-0.15, -0.1) is 0 Å². The number of pyridine rings is 1. The lowest BCUT2D eigenvalue weighted by Crippen LogP contribution is -2.36. The number of hydrogen-bond donors (Lipinski definition) is 2. The summed E-state index contributed by atoms with van der Waals surface area (Å²) in [5.74, 6) is 0.180. The van der Waals surface area contributed by atoms with Crippen LogP contribution in [0.25, 0.3) is 0 Å². The number of amides is 1. The number of carbonyl (C=O) groups excluding carboxylic acids is 1. The molecule has 1 aliphatic rings. The van der Waals surface area contributed by atoms with E-state index in [-0.39, 0.29) is 5.91 Å². The molecule has 4 heteroatoms. The molecule has 1 aromatic heterocycles. The van der Waals surface area contributed by atoms with Gasteiger partial charge in [0.2, 0.25) is 5.91 Å². The molecule has 0 saturated carbocycles. The van der Waals surface area contributed by atoms with Crippen LogP contribution in [0.4, 0.5) is 0 Å². The van der Waals surface area contributed by atoms with Gasteiger partial charge in [-0.3, -0.25) is 9.78 Å². The van der Waals surface area contributed by atoms with Crippen LogP contribution in [0.3, 0.4) is 0 Å².